The van der Waals surface area contributed by atoms with Crippen molar-refractivity contribution in [1.82, 2.24) is 9.97 Å². The van der Waals surface area contributed by atoms with Crippen LogP contribution in [0.5, 0.6) is 0 Å². The van der Waals surface area contributed by atoms with Crippen molar-refractivity contribution in [1.29, 1.82) is 0 Å². The molecule has 0 aliphatic heterocycles. The second-order valence-corrected chi connectivity index (χ2v) is 5.08. The Hall–Kier alpha value is -1.52. The van der Waals surface area contributed by atoms with Crippen molar-refractivity contribution >= 4 is 17.6 Å². The molecule has 1 aromatic heterocycles. The van der Waals surface area contributed by atoms with Crippen molar-refractivity contribution < 1.29 is 0 Å². The number of nitrogens with zero attached hydrogens (tertiary/aromatic N) is 2. The van der Waals surface area contributed by atoms with E-state index in [-0.39, 0.29) is 0 Å². The first-order chi connectivity index (χ1) is 8.69. The van der Waals surface area contributed by atoms with Crippen molar-refractivity contribution in [3.05, 3.63) is 6.07 Å². The summed E-state index contributed by atoms with van der Waals surface area (Å²) in [5.74, 6) is 3.48. The number of anilines is 3. The number of nitrogen functional groups attached to an aromatic ring is 1. The molecule has 5 nitrogen and oxygen atoms in total. The highest BCUT2D eigenvalue weighted by Gasteiger charge is 2.22. The van der Waals surface area contributed by atoms with Crippen molar-refractivity contribution in [2.75, 3.05) is 29.5 Å². The number of nitrogens with two attached hydrogens (primary N) is 1. The third-order valence-electron chi connectivity index (χ3n) is 3.69. The van der Waals surface area contributed by atoms with Crippen LogP contribution in [0.1, 0.15) is 33.1 Å². The van der Waals surface area contributed by atoms with Crippen molar-refractivity contribution in [3.8, 4) is 0 Å². The van der Waals surface area contributed by atoms with Crippen LogP contribution in [-0.4, -0.2) is 23.1 Å². The molecule has 100 valence electrons. The molecule has 2 rings (SSSR count). The Morgan fingerprint density at radius 3 is 2.61 bits per heavy atom. The average molecular weight is 249 g/mol. The third-order valence-corrected chi connectivity index (χ3v) is 3.69. The molecule has 18 heavy (non-hydrogen) atoms. The maximum atomic E-state index is 5.70. The fourth-order valence-corrected chi connectivity index (χ4v) is 2.59. The lowest BCUT2D eigenvalue weighted by molar-refractivity contribution is 0.439. The maximum Gasteiger partial charge on any atom is 0.223 e. The van der Waals surface area contributed by atoms with Crippen LogP contribution in [0.2, 0.25) is 0 Å². The van der Waals surface area contributed by atoms with Crippen LogP contribution in [0, 0.1) is 11.8 Å². The van der Waals surface area contributed by atoms with Gasteiger partial charge in [0, 0.05) is 19.2 Å². The fraction of sp³-hybridized carbons (Fsp3) is 0.692. The molecule has 0 spiro atoms. The summed E-state index contributed by atoms with van der Waals surface area (Å²) in [4.78, 5) is 8.35. The summed E-state index contributed by atoms with van der Waals surface area (Å²) in [5.41, 5.74) is 5.70. The molecule has 1 aliphatic carbocycles. The monoisotopic (exact) mass is 249 g/mol. The van der Waals surface area contributed by atoms with E-state index < -0.39 is 0 Å². The zero-order chi connectivity index (χ0) is 13.0. The average Bonchev–Trinajstić information content (AvgIpc) is 2.72. The molecule has 2 atom stereocenters. The van der Waals surface area contributed by atoms with Gasteiger partial charge in [-0.15, -0.1) is 0 Å². The highest BCUT2D eigenvalue weighted by Crippen LogP contribution is 2.31. The Morgan fingerprint density at radius 2 is 2.00 bits per heavy atom. The van der Waals surface area contributed by atoms with Gasteiger partial charge in [-0.2, -0.15) is 9.97 Å². The molecule has 1 fully saturated rings. The molecular formula is C13H23N5. The molecule has 4 N–H and O–H groups in total. The highest BCUT2D eigenvalue weighted by molar-refractivity contribution is 5.50. The SMILES string of the molecule is CCNc1cc(NCC2CCCC2C)nc(N)n1. The third kappa shape index (κ3) is 3.24. The summed E-state index contributed by atoms with van der Waals surface area (Å²) in [6.45, 7) is 6.17. The maximum absolute atomic E-state index is 5.70. The first-order valence-electron chi connectivity index (χ1n) is 6.81. The minimum atomic E-state index is 0.315. The number of hydrogen-bond acceptors (Lipinski definition) is 5. The van der Waals surface area contributed by atoms with E-state index in [2.05, 4.69) is 27.5 Å². The molecule has 0 saturated heterocycles. The second-order valence-electron chi connectivity index (χ2n) is 5.08. The van der Waals surface area contributed by atoms with Gasteiger partial charge in [-0.05, 0) is 25.2 Å². The van der Waals surface area contributed by atoms with Crippen LogP contribution >= 0.6 is 0 Å². The van der Waals surface area contributed by atoms with Crippen molar-refractivity contribution in [3.63, 3.8) is 0 Å². The topological polar surface area (TPSA) is 75.9 Å². The van der Waals surface area contributed by atoms with E-state index in [0.29, 0.717) is 5.95 Å². The first kappa shape index (κ1) is 12.9. The molecule has 0 aromatic carbocycles. The number of rotatable bonds is 5. The standard InChI is InChI=1S/C13H23N5/c1-3-15-11-7-12(18-13(14)17-11)16-8-10-6-4-5-9(10)2/h7,9-10H,3-6,8H2,1-2H3,(H4,14,15,16,17,18). The zero-order valence-electron chi connectivity index (χ0n) is 11.2. The van der Waals surface area contributed by atoms with E-state index in [1.54, 1.807) is 0 Å². The predicted molar refractivity (Wildman–Crippen MR) is 75.6 cm³/mol. The molecule has 0 amide bonds. The fourth-order valence-electron chi connectivity index (χ4n) is 2.59. The molecule has 5 heteroatoms. The molecular weight excluding hydrogens is 226 g/mol. The van der Waals surface area contributed by atoms with Crippen LogP contribution < -0.4 is 16.4 Å². The van der Waals surface area contributed by atoms with E-state index in [9.17, 15) is 0 Å². The Balaban J connectivity index is 1.95. The molecule has 0 bridgehead atoms. The van der Waals surface area contributed by atoms with Crippen LogP contribution in [0.25, 0.3) is 0 Å². The van der Waals surface area contributed by atoms with Gasteiger partial charge in [-0.1, -0.05) is 19.8 Å². The van der Waals surface area contributed by atoms with E-state index in [0.717, 1.165) is 36.6 Å². The number of nitrogens with one attached hydrogen (secondary N) is 2. The minimum absolute atomic E-state index is 0.315. The van der Waals surface area contributed by atoms with Gasteiger partial charge in [-0.25, -0.2) is 0 Å². The molecule has 0 radical (unpaired) electrons. The molecule has 1 aliphatic rings. The van der Waals surface area contributed by atoms with Crippen molar-refractivity contribution in [2.24, 2.45) is 11.8 Å². The molecule has 1 heterocycles. The summed E-state index contributed by atoms with van der Waals surface area (Å²) in [6, 6.07) is 1.92. The number of aromatic nitrogens is 2. The van der Waals surface area contributed by atoms with E-state index in [4.69, 9.17) is 5.73 Å². The molecule has 2 unspecified atom stereocenters. The normalized spacial score (nSPS) is 23.0. The van der Waals surface area contributed by atoms with Crippen LogP contribution in [0.4, 0.5) is 17.6 Å². The molecule has 1 aromatic rings. The molecule has 1 saturated carbocycles. The van der Waals surface area contributed by atoms with E-state index in [1.807, 2.05) is 13.0 Å². The second kappa shape index (κ2) is 5.89. The van der Waals surface area contributed by atoms with Crippen LogP contribution in [0.15, 0.2) is 6.07 Å². The van der Waals surface area contributed by atoms with Gasteiger partial charge in [0.15, 0.2) is 0 Å². The summed E-state index contributed by atoms with van der Waals surface area (Å²) < 4.78 is 0. The van der Waals surface area contributed by atoms with Gasteiger partial charge < -0.3 is 16.4 Å². The first-order valence-corrected chi connectivity index (χ1v) is 6.81. The highest BCUT2D eigenvalue weighted by atomic mass is 15.1. The van der Waals surface area contributed by atoms with E-state index >= 15 is 0 Å². The minimum Gasteiger partial charge on any atom is -0.370 e. The summed E-state index contributed by atoms with van der Waals surface area (Å²) in [6.07, 6.45) is 4.01. The number of hydrogen-bond donors (Lipinski definition) is 3. The Morgan fingerprint density at radius 1 is 1.28 bits per heavy atom. The Bertz CT molecular complexity index is 393. The predicted octanol–water partition coefficient (Wildman–Crippen LogP) is 2.34. The zero-order valence-corrected chi connectivity index (χ0v) is 11.2. The summed E-state index contributed by atoms with van der Waals surface area (Å²) >= 11 is 0. The van der Waals surface area contributed by atoms with Gasteiger partial charge in [0.05, 0.1) is 0 Å². The quantitative estimate of drug-likeness (QED) is 0.746. The lowest BCUT2D eigenvalue weighted by Crippen LogP contribution is -2.17. The Kier molecular flexibility index (Phi) is 4.23. The van der Waals surface area contributed by atoms with Crippen LogP contribution in [0.3, 0.4) is 0 Å². The van der Waals surface area contributed by atoms with Crippen molar-refractivity contribution in [2.45, 2.75) is 33.1 Å². The van der Waals surface area contributed by atoms with Gasteiger partial charge in [0.1, 0.15) is 11.6 Å². The van der Waals surface area contributed by atoms with Gasteiger partial charge >= 0.3 is 0 Å². The van der Waals surface area contributed by atoms with Gasteiger partial charge in [-0.3, -0.25) is 0 Å². The summed E-state index contributed by atoms with van der Waals surface area (Å²) in [5, 5.41) is 6.54. The smallest absolute Gasteiger partial charge is 0.223 e. The van der Waals surface area contributed by atoms with Crippen LogP contribution in [-0.2, 0) is 0 Å². The summed E-state index contributed by atoms with van der Waals surface area (Å²) in [7, 11) is 0. The van der Waals surface area contributed by atoms with Gasteiger partial charge in [0.2, 0.25) is 5.95 Å². The largest absolute Gasteiger partial charge is 0.370 e. The van der Waals surface area contributed by atoms with Gasteiger partial charge in [0.25, 0.3) is 0 Å². The lowest BCUT2D eigenvalue weighted by atomic mass is 9.98. The lowest BCUT2D eigenvalue weighted by Gasteiger charge is -2.16. The Labute approximate surface area is 109 Å². The van der Waals surface area contributed by atoms with E-state index in [1.165, 1.54) is 19.3 Å².